The van der Waals surface area contributed by atoms with E-state index in [1.54, 1.807) is 0 Å². The van der Waals surface area contributed by atoms with Gasteiger partial charge in [0, 0.05) is 19.1 Å². The van der Waals surface area contributed by atoms with Crippen molar-refractivity contribution in [2.75, 3.05) is 24.5 Å². The Balaban J connectivity index is 1.96. The van der Waals surface area contributed by atoms with Crippen LogP contribution in [0, 0.1) is 0 Å². The molecule has 0 aliphatic carbocycles. The van der Waals surface area contributed by atoms with Gasteiger partial charge in [0.25, 0.3) is 0 Å². The van der Waals surface area contributed by atoms with Crippen LogP contribution in [-0.4, -0.2) is 40.9 Å². The molecule has 0 radical (unpaired) electrons. The van der Waals surface area contributed by atoms with Crippen LogP contribution in [0.25, 0.3) is 11.0 Å². The molecule has 5 heteroatoms. The number of benzene rings is 1. The quantitative estimate of drug-likeness (QED) is 0.878. The molecule has 1 aliphatic rings. The van der Waals surface area contributed by atoms with Gasteiger partial charge < -0.3 is 10.2 Å². The molecule has 3 rings (SSSR count). The molecule has 1 atom stereocenters. The summed E-state index contributed by atoms with van der Waals surface area (Å²) in [6, 6.07) is 8.34. The zero-order chi connectivity index (χ0) is 12.4. The largest absolute Gasteiger partial charge is 0.335 e. The van der Waals surface area contributed by atoms with E-state index in [2.05, 4.69) is 32.3 Å². The number of anilines is 1. The normalized spacial score (nSPS) is 19.3. The first-order chi connectivity index (χ1) is 8.88. The van der Waals surface area contributed by atoms with Crippen LogP contribution < -0.4 is 10.2 Å². The molecule has 0 bridgehead atoms. The van der Waals surface area contributed by atoms with Crippen LogP contribution in [0.1, 0.15) is 13.3 Å². The van der Waals surface area contributed by atoms with Crippen molar-refractivity contribution in [3.8, 4) is 0 Å². The van der Waals surface area contributed by atoms with Gasteiger partial charge in [0.15, 0.2) is 0 Å². The molecule has 1 fully saturated rings. The van der Waals surface area contributed by atoms with Gasteiger partial charge in [0.1, 0.15) is 5.52 Å². The maximum absolute atomic E-state index is 4.62. The van der Waals surface area contributed by atoms with E-state index in [-0.39, 0.29) is 0 Å². The lowest BCUT2D eigenvalue weighted by Crippen LogP contribution is -2.38. The van der Waals surface area contributed by atoms with E-state index in [9.17, 15) is 0 Å². The lowest BCUT2D eigenvalue weighted by atomic mass is 10.2. The molecule has 1 aromatic heterocycles. The van der Waals surface area contributed by atoms with Crippen LogP contribution in [-0.2, 0) is 0 Å². The molecule has 1 unspecified atom stereocenters. The van der Waals surface area contributed by atoms with Crippen molar-refractivity contribution >= 4 is 17.0 Å². The molecule has 1 N–H and O–H groups in total. The number of hydrogen-bond acceptors (Lipinski definition) is 5. The van der Waals surface area contributed by atoms with Crippen molar-refractivity contribution in [3.05, 3.63) is 24.3 Å². The molecule has 0 saturated carbocycles. The van der Waals surface area contributed by atoms with Gasteiger partial charge >= 0.3 is 0 Å². The van der Waals surface area contributed by atoms with E-state index in [1.165, 1.54) is 0 Å². The Kier molecular flexibility index (Phi) is 3.06. The van der Waals surface area contributed by atoms with Crippen molar-refractivity contribution in [2.45, 2.75) is 19.4 Å². The highest BCUT2D eigenvalue weighted by Gasteiger charge is 2.23. The van der Waals surface area contributed by atoms with Crippen molar-refractivity contribution in [3.63, 3.8) is 0 Å². The zero-order valence-electron chi connectivity index (χ0n) is 10.5. The number of para-hydroxylation sites is 1. The second kappa shape index (κ2) is 4.86. The predicted molar refractivity (Wildman–Crippen MR) is 71.6 cm³/mol. The molecule has 5 nitrogen and oxygen atoms in total. The van der Waals surface area contributed by atoms with Crippen LogP contribution in [0.2, 0.25) is 0 Å². The third kappa shape index (κ3) is 2.01. The Labute approximate surface area is 106 Å². The Bertz CT molecular complexity index is 536. The summed E-state index contributed by atoms with van der Waals surface area (Å²) in [7, 11) is 0. The number of hydrogen-bond donors (Lipinski definition) is 1. The minimum absolute atomic E-state index is 0.484. The predicted octanol–water partition coefficient (Wildman–Crippen LogP) is 1.21. The van der Waals surface area contributed by atoms with Crippen molar-refractivity contribution in [1.29, 1.82) is 0 Å². The number of fused-ring (bicyclic) bond motifs is 1. The van der Waals surface area contributed by atoms with Crippen LogP contribution >= 0.6 is 0 Å². The molecule has 2 heterocycles. The lowest BCUT2D eigenvalue weighted by Gasteiger charge is -2.26. The van der Waals surface area contributed by atoms with Crippen molar-refractivity contribution in [1.82, 2.24) is 20.5 Å². The maximum atomic E-state index is 4.62. The number of rotatable bonds is 3. The summed E-state index contributed by atoms with van der Waals surface area (Å²) in [6.07, 6.45) is 1.14. The van der Waals surface area contributed by atoms with Gasteiger partial charge in [-0.25, -0.2) is 4.98 Å². The molecule has 1 aliphatic heterocycles. The highest BCUT2D eigenvalue weighted by atomic mass is 15.3. The first kappa shape index (κ1) is 11.3. The van der Waals surface area contributed by atoms with Crippen molar-refractivity contribution in [2.24, 2.45) is 0 Å². The topological polar surface area (TPSA) is 53.9 Å². The first-order valence-corrected chi connectivity index (χ1v) is 6.45. The maximum Gasteiger partial charge on any atom is 0.246 e. The standard InChI is InChI=1S/C13H17N5/c1-2-18(10-7-8-14-9-10)13-15-11-5-3-4-6-12(11)16-17-13/h3-6,10,14H,2,7-9H2,1H3. The Morgan fingerprint density at radius 3 is 2.83 bits per heavy atom. The average Bonchev–Trinajstić information content (AvgIpc) is 2.93. The summed E-state index contributed by atoms with van der Waals surface area (Å²) in [4.78, 5) is 6.85. The van der Waals surface area contributed by atoms with Gasteiger partial charge in [0.2, 0.25) is 5.95 Å². The highest BCUT2D eigenvalue weighted by Crippen LogP contribution is 2.17. The van der Waals surface area contributed by atoms with Gasteiger partial charge in [-0.15, -0.1) is 10.2 Å². The number of nitrogens with one attached hydrogen (secondary N) is 1. The van der Waals surface area contributed by atoms with Gasteiger partial charge in [-0.05, 0) is 32.0 Å². The number of likely N-dealkylation sites (N-methyl/N-ethyl adjacent to an activating group) is 1. The number of aromatic nitrogens is 3. The third-order valence-electron chi connectivity index (χ3n) is 3.42. The second-order valence-corrected chi connectivity index (χ2v) is 4.53. The molecule has 1 aromatic carbocycles. The van der Waals surface area contributed by atoms with Gasteiger partial charge in [-0.3, -0.25) is 0 Å². The summed E-state index contributed by atoms with van der Waals surface area (Å²) >= 11 is 0. The monoisotopic (exact) mass is 243 g/mol. The van der Waals surface area contributed by atoms with E-state index >= 15 is 0 Å². The van der Waals surface area contributed by atoms with Crippen LogP contribution in [0.3, 0.4) is 0 Å². The Hall–Kier alpha value is -1.75. The molecule has 2 aromatic rings. The van der Waals surface area contributed by atoms with Crippen LogP contribution in [0.4, 0.5) is 5.95 Å². The van der Waals surface area contributed by atoms with Crippen molar-refractivity contribution < 1.29 is 0 Å². The summed E-state index contributed by atoms with van der Waals surface area (Å²) in [5.41, 5.74) is 1.76. The summed E-state index contributed by atoms with van der Waals surface area (Å²) in [5, 5.41) is 11.9. The smallest absolute Gasteiger partial charge is 0.246 e. The Morgan fingerprint density at radius 1 is 1.28 bits per heavy atom. The fraction of sp³-hybridized carbons (Fsp3) is 0.462. The van der Waals surface area contributed by atoms with E-state index in [1.807, 2.05) is 24.3 Å². The molecular formula is C13H17N5. The summed E-state index contributed by atoms with van der Waals surface area (Å²) in [6.45, 7) is 5.12. The van der Waals surface area contributed by atoms with Gasteiger partial charge in [-0.2, -0.15) is 0 Å². The van der Waals surface area contributed by atoms with Gasteiger partial charge in [0.05, 0.1) is 5.52 Å². The van der Waals surface area contributed by atoms with Crippen LogP contribution in [0.5, 0.6) is 0 Å². The third-order valence-corrected chi connectivity index (χ3v) is 3.42. The molecule has 0 spiro atoms. The lowest BCUT2D eigenvalue weighted by molar-refractivity contribution is 0.627. The van der Waals surface area contributed by atoms with E-state index in [4.69, 9.17) is 0 Å². The SMILES string of the molecule is CCN(c1nnc2ccccc2n1)C1CCNC1. The highest BCUT2D eigenvalue weighted by molar-refractivity contribution is 5.74. The summed E-state index contributed by atoms with van der Waals surface area (Å²) in [5.74, 6) is 0.741. The Morgan fingerprint density at radius 2 is 2.11 bits per heavy atom. The molecule has 18 heavy (non-hydrogen) atoms. The molecular weight excluding hydrogens is 226 g/mol. The molecule has 0 amide bonds. The van der Waals surface area contributed by atoms with E-state index in [0.29, 0.717) is 6.04 Å². The van der Waals surface area contributed by atoms with Gasteiger partial charge in [-0.1, -0.05) is 12.1 Å². The fourth-order valence-corrected chi connectivity index (χ4v) is 2.46. The molecule has 1 saturated heterocycles. The fourth-order valence-electron chi connectivity index (χ4n) is 2.46. The minimum Gasteiger partial charge on any atom is -0.335 e. The number of nitrogens with zero attached hydrogens (tertiary/aromatic N) is 4. The average molecular weight is 243 g/mol. The summed E-state index contributed by atoms with van der Waals surface area (Å²) < 4.78 is 0. The van der Waals surface area contributed by atoms with Crippen LogP contribution in [0.15, 0.2) is 24.3 Å². The first-order valence-electron chi connectivity index (χ1n) is 6.45. The second-order valence-electron chi connectivity index (χ2n) is 4.53. The van der Waals surface area contributed by atoms with E-state index < -0.39 is 0 Å². The van der Waals surface area contributed by atoms with E-state index in [0.717, 1.165) is 43.0 Å². The zero-order valence-corrected chi connectivity index (χ0v) is 10.5. The molecule has 94 valence electrons. The minimum atomic E-state index is 0.484.